The maximum atomic E-state index is 11.9. The van der Waals surface area contributed by atoms with Gasteiger partial charge in [-0.05, 0) is 24.8 Å². The lowest BCUT2D eigenvalue weighted by atomic mass is 9.85. The molecule has 164 valence electrons. The zero-order valence-electron chi connectivity index (χ0n) is 18.1. The van der Waals surface area contributed by atoms with Crippen LogP contribution >= 0.6 is 0 Å². The van der Waals surface area contributed by atoms with E-state index in [4.69, 9.17) is 4.74 Å². The van der Waals surface area contributed by atoms with Gasteiger partial charge < -0.3 is 20.3 Å². The van der Waals surface area contributed by atoms with Gasteiger partial charge in [0, 0.05) is 52.2 Å². The molecule has 2 atom stereocenters. The predicted octanol–water partition coefficient (Wildman–Crippen LogP) is 1.45. The molecule has 0 aromatic heterocycles. The van der Waals surface area contributed by atoms with E-state index in [1.807, 2.05) is 7.05 Å². The van der Waals surface area contributed by atoms with Gasteiger partial charge in [0.1, 0.15) is 0 Å². The summed E-state index contributed by atoms with van der Waals surface area (Å²) < 4.78 is 6.09. The number of likely N-dealkylation sites (tertiary alicyclic amines) is 1. The second-order valence-corrected chi connectivity index (χ2v) is 8.58. The number of fused-ring (bicyclic) bond motifs is 1. The van der Waals surface area contributed by atoms with Crippen molar-refractivity contribution in [2.45, 2.75) is 44.4 Å². The Bertz CT molecular complexity index is 722. The molecule has 3 fully saturated rings. The summed E-state index contributed by atoms with van der Waals surface area (Å²) in [4.78, 5) is 21.3. The highest BCUT2D eigenvalue weighted by atomic mass is 16.5. The van der Waals surface area contributed by atoms with E-state index in [0.717, 1.165) is 71.1 Å². The molecule has 2 N–H and O–H groups in total. The Morgan fingerprint density at radius 2 is 1.97 bits per heavy atom. The minimum atomic E-state index is 0.225. The SMILES string of the molecule is CN=C(NCCCNC(=O)C1CCC1)N1CC2OCCN(Cc3ccccc3)C2C1. The molecule has 7 nitrogen and oxygen atoms in total. The van der Waals surface area contributed by atoms with Crippen LogP contribution in [0.15, 0.2) is 35.3 Å². The molecule has 2 unspecified atom stereocenters. The van der Waals surface area contributed by atoms with Crippen LogP contribution in [0.2, 0.25) is 0 Å². The van der Waals surface area contributed by atoms with Crippen molar-refractivity contribution >= 4 is 11.9 Å². The number of carbonyl (C=O) groups is 1. The molecule has 1 saturated carbocycles. The van der Waals surface area contributed by atoms with E-state index < -0.39 is 0 Å². The van der Waals surface area contributed by atoms with E-state index in [-0.39, 0.29) is 17.9 Å². The summed E-state index contributed by atoms with van der Waals surface area (Å²) in [6.07, 6.45) is 4.42. The van der Waals surface area contributed by atoms with Gasteiger partial charge in [0.25, 0.3) is 0 Å². The van der Waals surface area contributed by atoms with Gasteiger partial charge in [-0.1, -0.05) is 36.8 Å². The molecule has 0 bridgehead atoms. The van der Waals surface area contributed by atoms with Crippen LogP contribution in [0.5, 0.6) is 0 Å². The van der Waals surface area contributed by atoms with E-state index in [2.05, 4.69) is 55.8 Å². The topological polar surface area (TPSA) is 69.2 Å². The first-order chi connectivity index (χ1) is 14.7. The Kier molecular flexibility index (Phi) is 7.23. The van der Waals surface area contributed by atoms with Crippen molar-refractivity contribution in [3.05, 3.63) is 35.9 Å². The number of morpholine rings is 1. The lowest BCUT2D eigenvalue weighted by Crippen LogP contribution is -2.50. The molecular weight excluding hydrogens is 378 g/mol. The average molecular weight is 414 g/mol. The number of hydrogen-bond donors (Lipinski definition) is 2. The van der Waals surface area contributed by atoms with E-state index in [1.54, 1.807) is 0 Å². The zero-order valence-corrected chi connectivity index (χ0v) is 18.1. The van der Waals surface area contributed by atoms with Crippen molar-refractivity contribution in [2.75, 3.05) is 46.4 Å². The number of carbonyl (C=O) groups excluding carboxylic acids is 1. The van der Waals surface area contributed by atoms with Crippen molar-refractivity contribution in [1.29, 1.82) is 0 Å². The first-order valence-electron chi connectivity index (χ1n) is 11.4. The van der Waals surface area contributed by atoms with E-state index in [9.17, 15) is 4.79 Å². The van der Waals surface area contributed by atoms with Crippen molar-refractivity contribution < 1.29 is 9.53 Å². The fraction of sp³-hybridized carbons (Fsp3) is 0.652. The Hall–Kier alpha value is -2.12. The average Bonchev–Trinajstić information content (AvgIpc) is 3.15. The molecule has 2 aliphatic heterocycles. The molecule has 30 heavy (non-hydrogen) atoms. The maximum absolute atomic E-state index is 11.9. The third-order valence-electron chi connectivity index (χ3n) is 6.57. The molecule has 2 saturated heterocycles. The fourth-order valence-electron chi connectivity index (χ4n) is 4.59. The standard InChI is InChI=1S/C23H35N5O2/c1-24-23(26-12-6-11-25-22(29)19-9-5-10-19)28-16-20-21(17-28)30-14-13-27(20)15-18-7-3-2-4-8-18/h2-4,7-8,19-21H,5-6,9-17H2,1H3,(H,24,26)(H,25,29). The minimum Gasteiger partial charge on any atom is -0.373 e. The highest BCUT2D eigenvalue weighted by molar-refractivity contribution is 5.80. The minimum absolute atomic E-state index is 0.225. The van der Waals surface area contributed by atoms with E-state index in [0.29, 0.717) is 6.04 Å². The monoisotopic (exact) mass is 413 g/mol. The van der Waals surface area contributed by atoms with Crippen LogP contribution in [0.25, 0.3) is 0 Å². The summed E-state index contributed by atoms with van der Waals surface area (Å²) in [5.74, 6) is 1.42. The second kappa shape index (κ2) is 10.3. The van der Waals surface area contributed by atoms with Crippen LogP contribution < -0.4 is 10.6 Å². The van der Waals surface area contributed by atoms with Gasteiger partial charge in [-0.2, -0.15) is 0 Å². The summed E-state index contributed by atoms with van der Waals surface area (Å²) in [5, 5.41) is 6.52. The highest BCUT2D eigenvalue weighted by Crippen LogP contribution is 2.26. The number of ether oxygens (including phenoxy) is 1. The number of aliphatic imine (C=N–C) groups is 1. The number of nitrogens with zero attached hydrogens (tertiary/aromatic N) is 3. The summed E-state index contributed by atoms with van der Waals surface area (Å²) in [5.41, 5.74) is 1.35. The number of nitrogens with one attached hydrogen (secondary N) is 2. The third-order valence-corrected chi connectivity index (χ3v) is 6.57. The lowest BCUT2D eigenvalue weighted by Gasteiger charge is -2.36. The molecule has 4 rings (SSSR count). The van der Waals surface area contributed by atoms with E-state index >= 15 is 0 Å². The molecule has 2 heterocycles. The van der Waals surface area contributed by atoms with Gasteiger partial charge in [-0.3, -0.25) is 14.7 Å². The molecule has 7 heteroatoms. The molecule has 0 spiro atoms. The fourth-order valence-corrected chi connectivity index (χ4v) is 4.59. The number of guanidine groups is 1. The number of hydrogen-bond acceptors (Lipinski definition) is 4. The lowest BCUT2D eigenvalue weighted by molar-refractivity contribution is -0.127. The van der Waals surface area contributed by atoms with Crippen LogP contribution in [0, 0.1) is 5.92 Å². The van der Waals surface area contributed by atoms with Gasteiger partial charge in [0.15, 0.2) is 5.96 Å². The van der Waals surface area contributed by atoms with Crippen molar-refractivity contribution in [3.8, 4) is 0 Å². The molecule has 1 amide bonds. The Morgan fingerprint density at radius 3 is 2.70 bits per heavy atom. The Balaban J connectivity index is 1.22. The van der Waals surface area contributed by atoms with Gasteiger partial charge in [0.05, 0.1) is 18.8 Å². The number of amides is 1. The predicted molar refractivity (Wildman–Crippen MR) is 118 cm³/mol. The number of rotatable bonds is 7. The summed E-state index contributed by atoms with van der Waals surface area (Å²) in [6.45, 7) is 6.04. The first kappa shape index (κ1) is 21.1. The molecule has 1 aromatic rings. The molecule has 1 aliphatic carbocycles. The normalized spacial score (nSPS) is 25.0. The summed E-state index contributed by atoms with van der Waals surface area (Å²) in [7, 11) is 1.84. The summed E-state index contributed by atoms with van der Waals surface area (Å²) >= 11 is 0. The van der Waals surface area contributed by atoms with Gasteiger partial charge in [0.2, 0.25) is 5.91 Å². The van der Waals surface area contributed by atoms with Gasteiger partial charge in [-0.25, -0.2) is 0 Å². The zero-order chi connectivity index (χ0) is 20.8. The van der Waals surface area contributed by atoms with Crippen molar-refractivity contribution in [3.63, 3.8) is 0 Å². The molecule has 3 aliphatic rings. The molecule has 0 radical (unpaired) electrons. The van der Waals surface area contributed by atoms with Crippen LogP contribution in [-0.2, 0) is 16.1 Å². The first-order valence-corrected chi connectivity index (χ1v) is 11.4. The third kappa shape index (κ3) is 5.13. The van der Waals surface area contributed by atoms with Crippen molar-refractivity contribution in [2.24, 2.45) is 10.9 Å². The molecule has 1 aromatic carbocycles. The molecular formula is C23H35N5O2. The van der Waals surface area contributed by atoms with Crippen molar-refractivity contribution in [1.82, 2.24) is 20.4 Å². The van der Waals surface area contributed by atoms with Crippen LogP contribution in [0.3, 0.4) is 0 Å². The quantitative estimate of drug-likeness (QED) is 0.402. The smallest absolute Gasteiger partial charge is 0.223 e. The van der Waals surface area contributed by atoms with Crippen LogP contribution in [-0.4, -0.2) is 80.2 Å². The van der Waals surface area contributed by atoms with Crippen LogP contribution in [0.4, 0.5) is 0 Å². The van der Waals surface area contributed by atoms with E-state index in [1.165, 1.54) is 12.0 Å². The highest BCUT2D eigenvalue weighted by Gasteiger charge is 2.41. The van der Waals surface area contributed by atoms with Gasteiger partial charge >= 0.3 is 0 Å². The summed E-state index contributed by atoms with van der Waals surface area (Å²) in [6, 6.07) is 11.1. The second-order valence-electron chi connectivity index (χ2n) is 8.58. The Labute approximate surface area is 179 Å². The van der Waals surface area contributed by atoms with Crippen LogP contribution in [0.1, 0.15) is 31.2 Å². The maximum Gasteiger partial charge on any atom is 0.223 e. The number of benzene rings is 1. The Morgan fingerprint density at radius 1 is 1.17 bits per heavy atom. The largest absolute Gasteiger partial charge is 0.373 e. The van der Waals surface area contributed by atoms with Gasteiger partial charge in [-0.15, -0.1) is 0 Å².